The molecule has 1 heterocycles. The summed E-state index contributed by atoms with van der Waals surface area (Å²) in [5.74, 6) is 0.747. The summed E-state index contributed by atoms with van der Waals surface area (Å²) in [4.78, 5) is 22.0. The number of nitrogens with zero attached hydrogens (tertiary/aromatic N) is 1. The van der Waals surface area contributed by atoms with Gasteiger partial charge in [0, 0.05) is 31.6 Å². The first-order chi connectivity index (χ1) is 12.8. The van der Waals surface area contributed by atoms with E-state index in [0.717, 1.165) is 38.1 Å². The van der Waals surface area contributed by atoms with Gasteiger partial charge in [-0.2, -0.15) is 0 Å². The van der Waals surface area contributed by atoms with Crippen LogP contribution in [0, 0.1) is 22.0 Å². The van der Waals surface area contributed by atoms with Crippen molar-refractivity contribution in [3.8, 4) is 0 Å². The van der Waals surface area contributed by atoms with Crippen molar-refractivity contribution in [2.45, 2.75) is 31.1 Å². The highest BCUT2D eigenvalue weighted by Gasteiger charge is 2.22. The van der Waals surface area contributed by atoms with Crippen molar-refractivity contribution in [2.24, 2.45) is 11.8 Å². The van der Waals surface area contributed by atoms with Crippen LogP contribution in [0.4, 0.5) is 5.69 Å². The monoisotopic (exact) mass is 434 g/mol. The van der Waals surface area contributed by atoms with Crippen LogP contribution in [0.1, 0.15) is 26.2 Å². The van der Waals surface area contributed by atoms with Crippen LogP contribution in [-0.2, 0) is 14.8 Å². The van der Waals surface area contributed by atoms with Gasteiger partial charge in [0.25, 0.3) is 5.69 Å². The third-order valence-electron chi connectivity index (χ3n) is 4.79. The van der Waals surface area contributed by atoms with E-state index in [2.05, 4.69) is 22.3 Å². The fourth-order valence-corrected chi connectivity index (χ4v) is 4.19. The fourth-order valence-electron chi connectivity index (χ4n) is 3.16. The molecule has 158 valence electrons. The van der Waals surface area contributed by atoms with Gasteiger partial charge in [-0.1, -0.05) is 6.92 Å². The quantitative estimate of drug-likeness (QED) is 0.306. The van der Waals surface area contributed by atoms with Crippen LogP contribution in [-0.4, -0.2) is 45.4 Å². The summed E-state index contributed by atoms with van der Waals surface area (Å²) in [6.45, 7) is 4.28. The largest absolute Gasteiger partial charge is 0.355 e. The summed E-state index contributed by atoms with van der Waals surface area (Å²) in [6.07, 6.45) is 2.58. The van der Waals surface area contributed by atoms with Crippen LogP contribution in [0.25, 0.3) is 0 Å². The lowest BCUT2D eigenvalue weighted by molar-refractivity contribution is -0.384. The van der Waals surface area contributed by atoms with E-state index in [1.807, 2.05) is 0 Å². The van der Waals surface area contributed by atoms with Crippen molar-refractivity contribution < 1.29 is 18.1 Å². The molecule has 28 heavy (non-hydrogen) atoms. The zero-order valence-electron chi connectivity index (χ0n) is 15.7. The normalized spacial score (nSPS) is 16.0. The number of nitro groups is 1. The molecule has 0 bridgehead atoms. The molecule has 1 aromatic rings. The van der Waals surface area contributed by atoms with E-state index in [-0.39, 0.29) is 42.0 Å². The molecule has 0 aromatic heterocycles. The summed E-state index contributed by atoms with van der Waals surface area (Å²) in [5.41, 5.74) is -0.177. The number of sulfonamides is 1. The molecule has 1 atom stereocenters. The molecular formula is C17H27ClN4O5S. The van der Waals surface area contributed by atoms with Crippen molar-refractivity contribution in [1.82, 2.24) is 15.4 Å². The van der Waals surface area contributed by atoms with E-state index in [9.17, 15) is 23.3 Å². The first-order valence-corrected chi connectivity index (χ1v) is 10.5. The lowest BCUT2D eigenvalue weighted by atomic mass is 9.84. The van der Waals surface area contributed by atoms with Crippen molar-refractivity contribution in [3.63, 3.8) is 0 Å². The van der Waals surface area contributed by atoms with E-state index >= 15 is 0 Å². The molecule has 1 saturated heterocycles. The molecule has 0 aliphatic carbocycles. The second kappa shape index (κ2) is 11.3. The number of hydrogen-bond donors (Lipinski definition) is 3. The summed E-state index contributed by atoms with van der Waals surface area (Å²) in [5, 5.41) is 16.6. The molecule has 0 saturated carbocycles. The molecule has 3 N–H and O–H groups in total. The summed E-state index contributed by atoms with van der Waals surface area (Å²) in [7, 11) is -3.77. The van der Waals surface area contributed by atoms with Crippen LogP contribution in [0.15, 0.2) is 29.2 Å². The maximum absolute atomic E-state index is 12.1. The maximum atomic E-state index is 12.1. The van der Waals surface area contributed by atoms with Gasteiger partial charge in [-0.25, -0.2) is 13.1 Å². The minimum Gasteiger partial charge on any atom is -0.355 e. The number of benzene rings is 1. The minimum atomic E-state index is -3.77. The molecule has 1 aromatic carbocycles. The van der Waals surface area contributed by atoms with Gasteiger partial charge >= 0.3 is 0 Å². The van der Waals surface area contributed by atoms with Gasteiger partial charge in [0.05, 0.1) is 9.82 Å². The Balaban J connectivity index is 0.00000392. The highest BCUT2D eigenvalue weighted by atomic mass is 35.5. The molecule has 0 spiro atoms. The van der Waals surface area contributed by atoms with Gasteiger partial charge in [-0.3, -0.25) is 14.9 Å². The van der Waals surface area contributed by atoms with E-state index in [0.29, 0.717) is 18.3 Å². The van der Waals surface area contributed by atoms with E-state index < -0.39 is 14.9 Å². The summed E-state index contributed by atoms with van der Waals surface area (Å²) >= 11 is 0. The molecule has 0 radical (unpaired) electrons. The van der Waals surface area contributed by atoms with Crippen LogP contribution in [0.3, 0.4) is 0 Å². The molecule has 1 fully saturated rings. The van der Waals surface area contributed by atoms with Gasteiger partial charge in [-0.15, -0.1) is 12.4 Å². The van der Waals surface area contributed by atoms with Gasteiger partial charge < -0.3 is 10.6 Å². The van der Waals surface area contributed by atoms with E-state index in [4.69, 9.17) is 0 Å². The maximum Gasteiger partial charge on any atom is 0.269 e. The summed E-state index contributed by atoms with van der Waals surface area (Å²) < 4.78 is 26.7. The van der Waals surface area contributed by atoms with Crippen molar-refractivity contribution in [1.29, 1.82) is 0 Å². The molecule has 1 amide bonds. The van der Waals surface area contributed by atoms with Crippen LogP contribution < -0.4 is 15.4 Å². The Kier molecular flexibility index (Phi) is 9.80. The average Bonchev–Trinajstić information content (AvgIpc) is 2.66. The van der Waals surface area contributed by atoms with E-state index in [1.54, 1.807) is 0 Å². The second-order valence-electron chi connectivity index (χ2n) is 6.77. The Bertz CT molecular complexity index is 751. The Hall–Kier alpha value is -1.75. The lowest BCUT2D eigenvalue weighted by Crippen LogP contribution is -2.36. The standard InChI is InChI=1S/C17H26N4O5S.ClH/c1-13(14-6-8-18-9-7-14)12-17(22)19-10-11-20-27(25,26)16-4-2-15(3-5-16)21(23)24;/h2-5,13-14,18,20H,6-12H2,1H3,(H,19,22);1H. The molecule has 1 unspecified atom stereocenters. The molecule has 1 aliphatic rings. The zero-order chi connectivity index (χ0) is 19.9. The predicted molar refractivity (Wildman–Crippen MR) is 108 cm³/mol. The number of halogens is 1. The van der Waals surface area contributed by atoms with E-state index in [1.165, 1.54) is 12.1 Å². The van der Waals surface area contributed by atoms with Crippen molar-refractivity contribution in [2.75, 3.05) is 26.2 Å². The van der Waals surface area contributed by atoms with Crippen LogP contribution in [0.2, 0.25) is 0 Å². The first-order valence-electron chi connectivity index (χ1n) is 9.01. The first kappa shape index (κ1) is 24.3. The molecule has 9 nitrogen and oxygen atoms in total. The number of carbonyl (C=O) groups is 1. The number of carbonyl (C=O) groups excluding carboxylic acids is 1. The SMILES string of the molecule is CC(CC(=O)NCCNS(=O)(=O)c1ccc([N+](=O)[O-])cc1)C1CCNCC1.Cl. The third-order valence-corrected chi connectivity index (χ3v) is 6.27. The third kappa shape index (κ3) is 7.34. The number of nitrogens with one attached hydrogen (secondary N) is 3. The Morgan fingerprint density at radius 1 is 1.25 bits per heavy atom. The van der Waals surface area contributed by atoms with Gasteiger partial charge in [-0.05, 0) is 49.9 Å². The molecular weight excluding hydrogens is 408 g/mol. The second-order valence-corrected chi connectivity index (χ2v) is 8.53. The van der Waals surface area contributed by atoms with Crippen molar-refractivity contribution >= 4 is 34.0 Å². The molecule has 2 rings (SSSR count). The smallest absolute Gasteiger partial charge is 0.269 e. The fraction of sp³-hybridized carbons (Fsp3) is 0.588. The van der Waals surface area contributed by atoms with Gasteiger partial charge in [0.15, 0.2) is 0 Å². The highest BCUT2D eigenvalue weighted by molar-refractivity contribution is 7.89. The summed E-state index contributed by atoms with van der Waals surface area (Å²) in [6, 6.07) is 4.64. The number of rotatable bonds is 9. The number of hydrogen-bond acceptors (Lipinski definition) is 6. The minimum absolute atomic E-state index is 0. The van der Waals surface area contributed by atoms with Gasteiger partial charge in [0.2, 0.25) is 15.9 Å². The number of piperidine rings is 1. The number of nitro benzene ring substituents is 1. The molecule has 11 heteroatoms. The molecule has 1 aliphatic heterocycles. The predicted octanol–water partition coefficient (Wildman–Crippen LogP) is 1.44. The zero-order valence-corrected chi connectivity index (χ0v) is 17.4. The van der Waals surface area contributed by atoms with Gasteiger partial charge in [0.1, 0.15) is 0 Å². The van der Waals surface area contributed by atoms with Crippen molar-refractivity contribution in [3.05, 3.63) is 34.4 Å². The van der Waals surface area contributed by atoms with Crippen LogP contribution >= 0.6 is 12.4 Å². The topological polar surface area (TPSA) is 130 Å². The van der Waals surface area contributed by atoms with Crippen LogP contribution in [0.5, 0.6) is 0 Å². The Morgan fingerprint density at radius 3 is 2.43 bits per heavy atom. The number of amides is 1. The highest BCUT2D eigenvalue weighted by Crippen LogP contribution is 2.24. The Labute approximate surface area is 171 Å². The number of non-ortho nitro benzene ring substituents is 1. The average molecular weight is 435 g/mol. The lowest BCUT2D eigenvalue weighted by Gasteiger charge is -2.27. The Morgan fingerprint density at radius 2 is 1.86 bits per heavy atom.